The Morgan fingerprint density at radius 2 is 2.04 bits per heavy atom. The van der Waals surface area contributed by atoms with Gasteiger partial charge < -0.3 is 4.90 Å². The van der Waals surface area contributed by atoms with Gasteiger partial charge in [-0.1, -0.05) is 56.3 Å². The highest BCUT2D eigenvalue weighted by atomic mass is 32.2. The van der Waals surface area contributed by atoms with Gasteiger partial charge in [-0.15, -0.1) is 0 Å². The molecule has 3 rings (SSSR count). The van der Waals surface area contributed by atoms with Crippen LogP contribution in [0.15, 0.2) is 36.4 Å². The summed E-state index contributed by atoms with van der Waals surface area (Å²) in [5, 5.41) is 0. The SMILES string of the molecule is CSCC1(C)CCC(N2CCC(/C=C\c3ccccc3)C(C)C2)C1. The van der Waals surface area contributed by atoms with Gasteiger partial charge in [0.25, 0.3) is 0 Å². The number of hydrogen-bond acceptors (Lipinski definition) is 2. The van der Waals surface area contributed by atoms with Gasteiger partial charge in [0.15, 0.2) is 0 Å². The van der Waals surface area contributed by atoms with Crippen LogP contribution in [0.25, 0.3) is 6.08 Å². The highest BCUT2D eigenvalue weighted by Crippen LogP contribution is 2.43. The van der Waals surface area contributed by atoms with E-state index in [0.29, 0.717) is 5.41 Å². The van der Waals surface area contributed by atoms with Crippen LogP contribution in [0.1, 0.15) is 45.1 Å². The first-order chi connectivity index (χ1) is 11.6. The molecule has 1 aromatic carbocycles. The maximum atomic E-state index is 2.81. The van der Waals surface area contributed by atoms with Gasteiger partial charge in [-0.3, -0.25) is 0 Å². The van der Waals surface area contributed by atoms with Crippen LogP contribution >= 0.6 is 11.8 Å². The molecular weight excluding hydrogens is 310 g/mol. The molecule has 0 amide bonds. The third kappa shape index (κ3) is 4.46. The average Bonchev–Trinajstić information content (AvgIpc) is 2.97. The third-order valence-corrected chi connectivity index (χ3v) is 7.14. The second kappa shape index (κ2) is 8.10. The number of allylic oxidation sites excluding steroid dienone is 1. The van der Waals surface area contributed by atoms with Crippen LogP contribution in [0.3, 0.4) is 0 Å². The second-order valence-electron chi connectivity index (χ2n) is 8.33. The van der Waals surface area contributed by atoms with E-state index in [-0.39, 0.29) is 0 Å². The molecule has 2 aliphatic rings. The van der Waals surface area contributed by atoms with Crippen molar-refractivity contribution >= 4 is 17.8 Å². The quantitative estimate of drug-likeness (QED) is 0.686. The second-order valence-corrected chi connectivity index (χ2v) is 9.20. The van der Waals surface area contributed by atoms with E-state index in [4.69, 9.17) is 0 Å². The predicted octanol–water partition coefficient (Wildman–Crippen LogP) is 5.58. The highest BCUT2D eigenvalue weighted by molar-refractivity contribution is 7.98. The van der Waals surface area contributed by atoms with E-state index in [0.717, 1.165) is 17.9 Å². The van der Waals surface area contributed by atoms with Gasteiger partial charge in [0.1, 0.15) is 0 Å². The Balaban J connectivity index is 1.53. The zero-order valence-corrected chi connectivity index (χ0v) is 16.4. The van der Waals surface area contributed by atoms with Gasteiger partial charge >= 0.3 is 0 Å². The van der Waals surface area contributed by atoms with Crippen LogP contribution in [-0.2, 0) is 0 Å². The van der Waals surface area contributed by atoms with E-state index in [9.17, 15) is 0 Å². The van der Waals surface area contributed by atoms with Crippen molar-refractivity contribution in [1.29, 1.82) is 0 Å². The molecule has 0 bridgehead atoms. The number of hydrogen-bond donors (Lipinski definition) is 0. The van der Waals surface area contributed by atoms with E-state index in [1.807, 2.05) is 11.8 Å². The Bertz CT molecular complexity index is 540. The first-order valence-electron chi connectivity index (χ1n) is 9.56. The van der Waals surface area contributed by atoms with Crippen LogP contribution < -0.4 is 0 Å². The number of nitrogens with zero attached hydrogens (tertiary/aromatic N) is 1. The summed E-state index contributed by atoms with van der Waals surface area (Å²) in [6.07, 6.45) is 12.6. The molecule has 1 aromatic rings. The summed E-state index contributed by atoms with van der Waals surface area (Å²) < 4.78 is 0. The molecule has 0 aromatic heterocycles. The molecule has 24 heavy (non-hydrogen) atoms. The number of benzene rings is 1. The molecule has 2 heteroatoms. The van der Waals surface area contributed by atoms with Gasteiger partial charge in [0.2, 0.25) is 0 Å². The van der Waals surface area contributed by atoms with Gasteiger partial charge in [0.05, 0.1) is 0 Å². The van der Waals surface area contributed by atoms with E-state index in [1.54, 1.807) is 0 Å². The van der Waals surface area contributed by atoms with Crippen molar-refractivity contribution in [2.45, 2.75) is 45.6 Å². The fourth-order valence-corrected chi connectivity index (χ4v) is 5.65. The molecule has 1 aliphatic heterocycles. The minimum Gasteiger partial charge on any atom is -0.300 e. The van der Waals surface area contributed by atoms with Crippen molar-refractivity contribution in [3.05, 3.63) is 42.0 Å². The Morgan fingerprint density at radius 3 is 2.75 bits per heavy atom. The number of thioether (sulfide) groups is 1. The lowest BCUT2D eigenvalue weighted by molar-refractivity contribution is 0.102. The van der Waals surface area contributed by atoms with Crippen molar-refractivity contribution in [3.63, 3.8) is 0 Å². The molecule has 2 fully saturated rings. The highest BCUT2D eigenvalue weighted by Gasteiger charge is 2.39. The first kappa shape index (κ1) is 18.1. The molecule has 0 N–H and O–H groups in total. The summed E-state index contributed by atoms with van der Waals surface area (Å²) in [5.41, 5.74) is 1.91. The van der Waals surface area contributed by atoms with Gasteiger partial charge in [-0.25, -0.2) is 0 Å². The van der Waals surface area contributed by atoms with E-state index in [1.165, 1.54) is 50.1 Å². The summed E-state index contributed by atoms with van der Waals surface area (Å²) >= 11 is 2.02. The van der Waals surface area contributed by atoms with Gasteiger partial charge in [0, 0.05) is 12.6 Å². The molecule has 4 atom stereocenters. The Hall–Kier alpha value is -0.730. The summed E-state index contributed by atoms with van der Waals surface area (Å²) in [6, 6.07) is 11.6. The largest absolute Gasteiger partial charge is 0.300 e. The number of rotatable bonds is 5. The van der Waals surface area contributed by atoms with Gasteiger partial charge in [-0.2, -0.15) is 11.8 Å². The van der Waals surface area contributed by atoms with Crippen molar-refractivity contribution in [1.82, 2.24) is 4.90 Å². The summed E-state index contributed by atoms with van der Waals surface area (Å²) in [7, 11) is 0. The predicted molar refractivity (Wildman–Crippen MR) is 108 cm³/mol. The Morgan fingerprint density at radius 1 is 1.25 bits per heavy atom. The fourth-order valence-electron chi connectivity index (χ4n) is 4.69. The molecule has 1 heterocycles. The zero-order valence-electron chi connectivity index (χ0n) is 15.6. The molecule has 1 saturated carbocycles. The first-order valence-corrected chi connectivity index (χ1v) is 11.0. The lowest BCUT2D eigenvalue weighted by Gasteiger charge is -2.40. The van der Waals surface area contributed by atoms with E-state index >= 15 is 0 Å². The number of piperidine rings is 1. The third-order valence-electron chi connectivity index (χ3n) is 6.16. The summed E-state index contributed by atoms with van der Waals surface area (Å²) in [6.45, 7) is 7.52. The maximum absolute atomic E-state index is 2.81. The molecule has 1 saturated heterocycles. The van der Waals surface area contributed by atoms with Crippen molar-refractivity contribution in [2.75, 3.05) is 25.1 Å². The van der Waals surface area contributed by atoms with Crippen molar-refractivity contribution in [3.8, 4) is 0 Å². The molecule has 4 unspecified atom stereocenters. The standard InChI is InChI=1S/C22H33NS/c1-18-16-23(21-11-13-22(2,15-21)17-24-3)14-12-20(18)10-9-19-7-5-4-6-8-19/h4-10,18,20-21H,11-17H2,1-3H3/b10-9-. The van der Waals surface area contributed by atoms with Crippen LogP contribution in [0, 0.1) is 17.3 Å². The van der Waals surface area contributed by atoms with E-state index < -0.39 is 0 Å². The molecule has 0 radical (unpaired) electrons. The lowest BCUT2D eigenvalue weighted by Crippen LogP contribution is -2.44. The number of likely N-dealkylation sites (tertiary alicyclic amines) is 1. The molecule has 1 nitrogen and oxygen atoms in total. The fraction of sp³-hybridized carbons (Fsp3) is 0.636. The van der Waals surface area contributed by atoms with Crippen LogP contribution in [0.2, 0.25) is 0 Å². The normalized spacial score (nSPS) is 34.9. The van der Waals surface area contributed by atoms with Crippen LogP contribution in [-0.4, -0.2) is 36.0 Å². The van der Waals surface area contributed by atoms with Crippen molar-refractivity contribution in [2.24, 2.45) is 17.3 Å². The smallest absolute Gasteiger partial charge is 0.0101 e. The maximum Gasteiger partial charge on any atom is 0.0101 e. The van der Waals surface area contributed by atoms with Crippen LogP contribution in [0.4, 0.5) is 0 Å². The molecular formula is C22H33NS. The van der Waals surface area contributed by atoms with Crippen molar-refractivity contribution < 1.29 is 0 Å². The summed E-state index contributed by atoms with van der Waals surface area (Å²) in [4.78, 5) is 2.81. The molecule has 1 aliphatic carbocycles. The summed E-state index contributed by atoms with van der Waals surface area (Å²) in [5.74, 6) is 2.83. The zero-order chi connectivity index (χ0) is 17.0. The molecule has 132 valence electrons. The lowest BCUT2D eigenvalue weighted by atomic mass is 9.85. The average molecular weight is 344 g/mol. The topological polar surface area (TPSA) is 3.24 Å². The Labute approximate surface area is 152 Å². The minimum atomic E-state index is 0.581. The Kier molecular flexibility index (Phi) is 6.10. The molecule has 0 spiro atoms. The monoisotopic (exact) mass is 343 g/mol. The van der Waals surface area contributed by atoms with Crippen LogP contribution in [0.5, 0.6) is 0 Å². The van der Waals surface area contributed by atoms with Gasteiger partial charge in [-0.05, 0) is 67.1 Å². The van der Waals surface area contributed by atoms with E-state index in [2.05, 4.69) is 67.5 Å². The minimum absolute atomic E-state index is 0.581.